The lowest BCUT2D eigenvalue weighted by molar-refractivity contribution is 0.669. The van der Waals surface area contributed by atoms with Crippen LogP contribution in [0.3, 0.4) is 0 Å². The van der Waals surface area contributed by atoms with Crippen molar-refractivity contribution in [3.63, 3.8) is 0 Å². The lowest BCUT2D eigenvalue weighted by Gasteiger charge is -2.46. The van der Waals surface area contributed by atoms with Gasteiger partial charge in [0.15, 0.2) is 0 Å². The van der Waals surface area contributed by atoms with Gasteiger partial charge in [-0.2, -0.15) is 0 Å². The Balaban J connectivity index is 1.05. The molecule has 0 radical (unpaired) electrons. The van der Waals surface area contributed by atoms with Crippen molar-refractivity contribution in [1.82, 2.24) is 4.57 Å². The summed E-state index contributed by atoms with van der Waals surface area (Å²) in [6.45, 7) is 0. The molecule has 294 valence electrons. The zero-order valence-electron chi connectivity index (χ0n) is 34.0. The minimum Gasteiger partial charge on any atom is -0.456 e. The van der Waals surface area contributed by atoms with Crippen LogP contribution < -0.4 is 4.90 Å². The number of hydrogen-bond acceptors (Lipinski definition) is 3. The smallest absolute Gasteiger partial charge is 0.135 e. The number of nitrogens with zero attached hydrogens (tertiary/aromatic N) is 2. The van der Waals surface area contributed by atoms with Gasteiger partial charge in [-0.15, -0.1) is 0 Å². The summed E-state index contributed by atoms with van der Waals surface area (Å²) in [6.07, 6.45) is 0. The summed E-state index contributed by atoms with van der Waals surface area (Å²) in [5.41, 5.74) is 15.8. The summed E-state index contributed by atoms with van der Waals surface area (Å²) in [5, 5.41) is 7.26. The average molecular weight is 821 g/mol. The van der Waals surface area contributed by atoms with Crippen LogP contribution in [0.1, 0.15) is 22.3 Å². The fraction of sp³-hybridized carbons (Fsp3) is 0.0169. The molecular weight excluding hydrogens is 785 g/mol. The number of furan rings is 1. The Bertz CT molecular complexity index is 3810. The number of para-hydroxylation sites is 3. The summed E-state index contributed by atoms with van der Waals surface area (Å²) in [5.74, 6) is 0. The molecule has 0 N–H and O–H groups in total. The van der Waals surface area contributed by atoms with Crippen molar-refractivity contribution >= 4 is 83.3 Å². The van der Waals surface area contributed by atoms with Gasteiger partial charge in [0.25, 0.3) is 0 Å². The summed E-state index contributed by atoms with van der Waals surface area (Å²) < 4.78 is 8.71. The molecule has 0 saturated carbocycles. The SMILES string of the molecule is c1ccc(N(c2ccc3c(c2)C2(c4ccccc4Sc4ccccc42)c2cccc4cccc-3c24)c2ccc3c4ccccc4n(-c4ccc5oc6ccccc6c5c4)c3c2)cc1. The zero-order chi connectivity index (χ0) is 41.2. The van der Waals surface area contributed by atoms with Crippen LogP contribution in [0.2, 0.25) is 0 Å². The number of hydrogen-bond donors (Lipinski definition) is 0. The highest BCUT2D eigenvalue weighted by Crippen LogP contribution is 2.62. The van der Waals surface area contributed by atoms with E-state index in [1.54, 1.807) is 0 Å². The Morgan fingerprint density at radius 3 is 1.89 bits per heavy atom. The summed E-state index contributed by atoms with van der Waals surface area (Å²) in [4.78, 5) is 5.03. The van der Waals surface area contributed by atoms with Crippen molar-refractivity contribution < 1.29 is 4.42 Å². The molecular formula is C59H36N2OS. The first-order valence-electron chi connectivity index (χ1n) is 21.6. The minimum absolute atomic E-state index is 0.549. The second-order valence-electron chi connectivity index (χ2n) is 16.8. The van der Waals surface area contributed by atoms with Crippen molar-refractivity contribution in [1.29, 1.82) is 0 Å². The molecule has 0 bridgehead atoms. The second-order valence-corrected chi connectivity index (χ2v) is 17.9. The molecule has 0 atom stereocenters. The van der Waals surface area contributed by atoms with Crippen molar-refractivity contribution in [3.8, 4) is 16.8 Å². The normalized spacial score (nSPS) is 13.5. The lowest BCUT2D eigenvalue weighted by atomic mass is 9.59. The van der Waals surface area contributed by atoms with E-state index in [2.05, 4.69) is 216 Å². The molecule has 0 unspecified atom stereocenters. The van der Waals surface area contributed by atoms with Crippen LogP contribution in [-0.4, -0.2) is 4.57 Å². The molecule has 12 aromatic rings. The lowest BCUT2D eigenvalue weighted by Crippen LogP contribution is -2.36. The molecule has 14 rings (SSSR count). The molecule has 3 heterocycles. The highest BCUT2D eigenvalue weighted by molar-refractivity contribution is 7.99. The first-order valence-corrected chi connectivity index (χ1v) is 22.4. The van der Waals surface area contributed by atoms with Gasteiger partial charge in [-0.05, 0) is 123 Å². The second kappa shape index (κ2) is 13.1. The number of anilines is 3. The predicted molar refractivity (Wildman–Crippen MR) is 262 cm³/mol. The third kappa shape index (κ3) is 4.81. The van der Waals surface area contributed by atoms with Gasteiger partial charge in [0.05, 0.1) is 16.4 Å². The number of fused-ring (bicyclic) bond motifs is 14. The Morgan fingerprint density at radius 1 is 0.397 bits per heavy atom. The molecule has 1 spiro atoms. The van der Waals surface area contributed by atoms with E-state index >= 15 is 0 Å². The van der Waals surface area contributed by atoms with Crippen molar-refractivity contribution in [2.24, 2.45) is 0 Å². The molecule has 1 aliphatic carbocycles. The van der Waals surface area contributed by atoms with Gasteiger partial charge in [0, 0.05) is 54.1 Å². The van der Waals surface area contributed by atoms with Gasteiger partial charge in [0.2, 0.25) is 0 Å². The fourth-order valence-corrected chi connectivity index (χ4v) is 12.3. The fourth-order valence-electron chi connectivity index (χ4n) is 11.1. The number of aromatic nitrogens is 1. The first kappa shape index (κ1) is 34.9. The standard InChI is InChI=1S/C59H36N2OS/c1-2-16-38(17-3-1)60(41-29-32-44-43-18-4-8-24-52(43)61(53(44)36-41)39-30-33-55-47(34-39)45-19-5-9-25-54(45)62-55)40-28-31-42-46-20-12-14-37-15-13-23-50(58(37)46)59(51(42)35-40)48-21-6-10-26-56(48)63-57-27-11-7-22-49(57)59/h1-36H. The molecule has 0 amide bonds. The Kier molecular flexibility index (Phi) is 7.26. The number of benzene rings is 10. The van der Waals surface area contributed by atoms with Crippen LogP contribution in [0.25, 0.3) is 71.3 Å². The molecule has 63 heavy (non-hydrogen) atoms. The van der Waals surface area contributed by atoms with Gasteiger partial charge in [-0.25, -0.2) is 0 Å². The predicted octanol–water partition coefficient (Wildman–Crippen LogP) is 16.1. The van der Waals surface area contributed by atoms with E-state index in [1.165, 1.54) is 70.2 Å². The van der Waals surface area contributed by atoms with Crippen LogP contribution in [0.5, 0.6) is 0 Å². The highest BCUT2D eigenvalue weighted by Gasteiger charge is 2.48. The Labute approximate surface area is 368 Å². The van der Waals surface area contributed by atoms with Gasteiger partial charge < -0.3 is 13.9 Å². The largest absolute Gasteiger partial charge is 0.456 e. The molecule has 1 aliphatic heterocycles. The number of rotatable bonds is 4. The van der Waals surface area contributed by atoms with E-state index in [1.807, 2.05) is 23.9 Å². The molecule has 2 aromatic heterocycles. The van der Waals surface area contributed by atoms with E-state index in [0.717, 1.165) is 50.2 Å². The zero-order valence-corrected chi connectivity index (χ0v) is 34.8. The summed E-state index contributed by atoms with van der Waals surface area (Å²) >= 11 is 1.89. The van der Waals surface area contributed by atoms with Crippen molar-refractivity contribution in [2.45, 2.75) is 15.2 Å². The van der Waals surface area contributed by atoms with Crippen molar-refractivity contribution in [2.75, 3.05) is 4.90 Å². The van der Waals surface area contributed by atoms with E-state index in [-0.39, 0.29) is 0 Å². The molecule has 2 aliphatic rings. The van der Waals surface area contributed by atoms with Crippen LogP contribution >= 0.6 is 11.8 Å². The maximum Gasteiger partial charge on any atom is 0.135 e. The van der Waals surface area contributed by atoms with Crippen LogP contribution in [0.15, 0.2) is 233 Å². The quantitative estimate of drug-likeness (QED) is 0.176. The van der Waals surface area contributed by atoms with E-state index in [9.17, 15) is 0 Å². The van der Waals surface area contributed by atoms with Crippen molar-refractivity contribution in [3.05, 3.63) is 241 Å². The molecule has 3 nitrogen and oxygen atoms in total. The summed E-state index contributed by atoms with van der Waals surface area (Å²) in [7, 11) is 0. The van der Waals surface area contributed by atoms with Crippen LogP contribution in [0, 0.1) is 0 Å². The maximum absolute atomic E-state index is 6.29. The maximum atomic E-state index is 6.29. The first-order chi connectivity index (χ1) is 31.2. The Morgan fingerprint density at radius 2 is 1.05 bits per heavy atom. The van der Waals surface area contributed by atoms with Crippen LogP contribution in [-0.2, 0) is 5.41 Å². The topological polar surface area (TPSA) is 21.3 Å². The molecule has 0 saturated heterocycles. The monoisotopic (exact) mass is 820 g/mol. The molecule has 0 fully saturated rings. The third-order valence-electron chi connectivity index (χ3n) is 13.6. The van der Waals surface area contributed by atoms with Gasteiger partial charge in [-0.1, -0.05) is 151 Å². The van der Waals surface area contributed by atoms with Crippen LogP contribution in [0.4, 0.5) is 17.1 Å². The average Bonchev–Trinajstić information content (AvgIpc) is 3.88. The molecule has 10 aromatic carbocycles. The highest BCUT2D eigenvalue weighted by atomic mass is 32.2. The summed E-state index contributed by atoms with van der Waals surface area (Å²) in [6, 6.07) is 80.6. The molecule has 4 heteroatoms. The van der Waals surface area contributed by atoms with E-state index in [0.29, 0.717) is 0 Å². The Hall–Kier alpha value is -7.79. The third-order valence-corrected chi connectivity index (χ3v) is 14.8. The van der Waals surface area contributed by atoms with Gasteiger partial charge >= 0.3 is 0 Å². The van der Waals surface area contributed by atoms with E-state index in [4.69, 9.17) is 4.42 Å². The minimum atomic E-state index is -0.549. The van der Waals surface area contributed by atoms with E-state index < -0.39 is 5.41 Å². The van der Waals surface area contributed by atoms with Gasteiger partial charge in [0.1, 0.15) is 11.2 Å². The van der Waals surface area contributed by atoms with Gasteiger partial charge in [-0.3, -0.25) is 0 Å².